The van der Waals surface area contributed by atoms with Crippen LogP contribution in [0.2, 0.25) is 0 Å². The smallest absolute Gasteiger partial charge is 0.229 e. The highest BCUT2D eigenvalue weighted by Crippen LogP contribution is 2.28. The van der Waals surface area contributed by atoms with Gasteiger partial charge in [-0.15, -0.1) is 11.3 Å². The number of aromatic nitrogens is 1. The zero-order chi connectivity index (χ0) is 21.3. The third-order valence-corrected chi connectivity index (χ3v) is 6.51. The molecule has 2 fully saturated rings. The first kappa shape index (κ1) is 20.5. The summed E-state index contributed by atoms with van der Waals surface area (Å²) in [6, 6.07) is 5.71. The number of anilines is 2. The maximum Gasteiger partial charge on any atom is 0.229 e. The second-order valence-electron chi connectivity index (χ2n) is 7.76. The van der Waals surface area contributed by atoms with Gasteiger partial charge in [-0.3, -0.25) is 14.4 Å². The number of nitrogens with zero attached hydrogens (tertiary/aromatic N) is 3. The molecule has 2 aliphatic heterocycles. The van der Waals surface area contributed by atoms with Gasteiger partial charge in [0.05, 0.1) is 11.6 Å². The summed E-state index contributed by atoms with van der Waals surface area (Å²) < 4.78 is 13.1. The van der Waals surface area contributed by atoms with E-state index < -0.39 is 5.92 Å². The van der Waals surface area contributed by atoms with Crippen molar-refractivity contribution in [1.29, 1.82) is 0 Å². The lowest BCUT2D eigenvalue weighted by atomic mass is 9.94. The lowest BCUT2D eigenvalue weighted by Crippen LogP contribution is -2.44. The van der Waals surface area contributed by atoms with E-state index in [1.54, 1.807) is 17.0 Å². The Labute approximate surface area is 177 Å². The third kappa shape index (κ3) is 4.35. The largest absolute Gasteiger partial charge is 0.342 e. The van der Waals surface area contributed by atoms with Crippen molar-refractivity contribution in [1.82, 2.24) is 9.88 Å². The first-order valence-electron chi connectivity index (χ1n) is 9.98. The number of nitrogens with one attached hydrogen (secondary N) is 1. The van der Waals surface area contributed by atoms with Crippen molar-refractivity contribution in [3.05, 3.63) is 41.2 Å². The van der Waals surface area contributed by atoms with Crippen molar-refractivity contribution in [2.24, 2.45) is 11.8 Å². The lowest BCUT2D eigenvalue weighted by molar-refractivity contribution is -0.138. The summed E-state index contributed by atoms with van der Waals surface area (Å²) in [5.74, 6) is -1.18. The Morgan fingerprint density at radius 3 is 2.50 bits per heavy atom. The fourth-order valence-electron chi connectivity index (χ4n) is 3.98. The number of aryl methyl sites for hydroxylation is 1. The van der Waals surface area contributed by atoms with Crippen molar-refractivity contribution in [2.75, 3.05) is 29.9 Å². The van der Waals surface area contributed by atoms with Crippen molar-refractivity contribution < 1.29 is 18.8 Å². The van der Waals surface area contributed by atoms with Crippen molar-refractivity contribution in [3.8, 4) is 0 Å². The van der Waals surface area contributed by atoms with Crippen molar-refractivity contribution >= 4 is 39.9 Å². The van der Waals surface area contributed by atoms with Gasteiger partial charge in [0, 0.05) is 43.0 Å². The van der Waals surface area contributed by atoms with Crippen LogP contribution in [0.5, 0.6) is 0 Å². The maximum atomic E-state index is 13.1. The van der Waals surface area contributed by atoms with Gasteiger partial charge in [0.2, 0.25) is 17.7 Å². The molecule has 2 aliphatic rings. The Morgan fingerprint density at radius 1 is 1.17 bits per heavy atom. The number of amides is 3. The molecule has 0 spiro atoms. The van der Waals surface area contributed by atoms with E-state index in [-0.39, 0.29) is 35.9 Å². The van der Waals surface area contributed by atoms with E-state index in [0.717, 1.165) is 5.69 Å². The van der Waals surface area contributed by atoms with E-state index >= 15 is 0 Å². The average Bonchev–Trinajstić information content (AvgIpc) is 3.33. The molecule has 4 rings (SSSR count). The molecule has 0 radical (unpaired) electrons. The van der Waals surface area contributed by atoms with Gasteiger partial charge >= 0.3 is 0 Å². The minimum absolute atomic E-state index is 0.0534. The van der Waals surface area contributed by atoms with Gasteiger partial charge in [-0.1, -0.05) is 0 Å². The number of benzene rings is 1. The van der Waals surface area contributed by atoms with E-state index in [9.17, 15) is 18.8 Å². The molecule has 1 N–H and O–H groups in total. The van der Waals surface area contributed by atoms with E-state index in [0.29, 0.717) is 43.3 Å². The molecule has 1 aromatic carbocycles. The summed E-state index contributed by atoms with van der Waals surface area (Å²) in [5, 5.41) is 5.33. The maximum absolute atomic E-state index is 13.1. The van der Waals surface area contributed by atoms with Gasteiger partial charge in [-0.05, 0) is 44.0 Å². The van der Waals surface area contributed by atoms with E-state index in [4.69, 9.17) is 0 Å². The van der Waals surface area contributed by atoms with Crippen LogP contribution in [0, 0.1) is 24.6 Å². The topological polar surface area (TPSA) is 82.6 Å². The molecule has 3 heterocycles. The minimum Gasteiger partial charge on any atom is -0.342 e. The molecule has 9 heteroatoms. The number of carbonyl (C=O) groups is 3. The van der Waals surface area contributed by atoms with Crippen molar-refractivity contribution in [3.63, 3.8) is 0 Å². The van der Waals surface area contributed by atoms with Gasteiger partial charge in [-0.25, -0.2) is 9.37 Å². The molecule has 7 nitrogen and oxygen atoms in total. The van der Waals surface area contributed by atoms with Crippen LogP contribution in [-0.4, -0.2) is 47.2 Å². The second-order valence-corrected chi connectivity index (χ2v) is 8.62. The monoisotopic (exact) mass is 430 g/mol. The van der Waals surface area contributed by atoms with Gasteiger partial charge in [0.1, 0.15) is 5.82 Å². The SMILES string of the molecule is Cc1csc(NC(=O)C2CCN(C(=O)[C@H]3CC(=O)N(c4ccc(F)cc4)C3)CC2)n1. The number of likely N-dealkylation sites (tertiary alicyclic amines) is 1. The van der Waals surface area contributed by atoms with E-state index in [1.807, 2.05) is 12.3 Å². The molecule has 0 saturated carbocycles. The molecule has 1 aromatic heterocycles. The minimum atomic E-state index is -0.411. The highest BCUT2D eigenvalue weighted by atomic mass is 32.1. The number of hydrogen-bond donors (Lipinski definition) is 1. The average molecular weight is 431 g/mol. The summed E-state index contributed by atoms with van der Waals surface area (Å²) in [6.45, 7) is 3.17. The quantitative estimate of drug-likeness (QED) is 0.809. The van der Waals surface area contributed by atoms with Gasteiger partial charge in [0.15, 0.2) is 5.13 Å². The number of hydrogen-bond acceptors (Lipinski definition) is 5. The number of halogens is 1. The molecule has 0 bridgehead atoms. The Balaban J connectivity index is 1.30. The highest BCUT2D eigenvalue weighted by Gasteiger charge is 2.38. The van der Waals surface area contributed by atoms with E-state index in [2.05, 4.69) is 10.3 Å². The van der Waals surface area contributed by atoms with Crippen LogP contribution in [0.3, 0.4) is 0 Å². The Bertz CT molecular complexity index is 953. The molecule has 30 heavy (non-hydrogen) atoms. The molecule has 158 valence electrons. The Hall–Kier alpha value is -2.81. The van der Waals surface area contributed by atoms with Gasteiger partial charge in [-0.2, -0.15) is 0 Å². The number of carbonyl (C=O) groups excluding carboxylic acids is 3. The Morgan fingerprint density at radius 2 is 1.87 bits per heavy atom. The van der Waals surface area contributed by atoms with Crippen LogP contribution >= 0.6 is 11.3 Å². The van der Waals surface area contributed by atoms with Crippen LogP contribution in [0.25, 0.3) is 0 Å². The molecule has 2 saturated heterocycles. The fourth-order valence-corrected chi connectivity index (χ4v) is 4.67. The molecule has 0 unspecified atom stereocenters. The molecular formula is C21H23FN4O3S. The zero-order valence-corrected chi connectivity index (χ0v) is 17.5. The summed E-state index contributed by atoms with van der Waals surface area (Å²) in [6.07, 6.45) is 1.33. The number of piperidine rings is 1. The first-order chi connectivity index (χ1) is 14.4. The van der Waals surface area contributed by atoms with Crippen LogP contribution in [0.4, 0.5) is 15.2 Å². The normalized spacial score (nSPS) is 19.9. The molecule has 2 aromatic rings. The molecular weight excluding hydrogens is 407 g/mol. The summed E-state index contributed by atoms with van der Waals surface area (Å²) in [5.41, 5.74) is 1.47. The summed E-state index contributed by atoms with van der Waals surface area (Å²) >= 11 is 1.40. The summed E-state index contributed by atoms with van der Waals surface area (Å²) in [4.78, 5) is 45.3. The van der Waals surface area contributed by atoms with Crippen molar-refractivity contribution in [2.45, 2.75) is 26.2 Å². The Kier molecular flexibility index (Phi) is 5.80. The lowest BCUT2D eigenvalue weighted by Gasteiger charge is -2.32. The second kappa shape index (κ2) is 8.51. The molecule has 0 aliphatic carbocycles. The predicted octanol–water partition coefficient (Wildman–Crippen LogP) is 2.82. The fraction of sp³-hybridized carbons (Fsp3) is 0.429. The van der Waals surface area contributed by atoms with Gasteiger partial charge < -0.3 is 15.1 Å². The zero-order valence-electron chi connectivity index (χ0n) is 16.6. The standard InChI is InChI=1S/C21H23FN4O3S/c1-13-12-30-21(23-13)24-19(28)14-6-8-25(9-7-14)20(29)15-10-18(27)26(11-15)17-4-2-16(22)3-5-17/h2-5,12,14-15H,6-11H2,1H3,(H,23,24,28)/t15-/m0/s1. The van der Waals surface area contributed by atoms with Crippen LogP contribution in [-0.2, 0) is 14.4 Å². The van der Waals surface area contributed by atoms with Gasteiger partial charge in [0.25, 0.3) is 0 Å². The number of rotatable bonds is 4. The first-order valence-corrected chi connectivity index (χ1v) is 10.9. The molecule has 3 amide bonds. The van der Waals surface area contributed by atoms with E-state index in [1.165, 1.54) is 28.4 Å². The number of thiazole rings is 1. The van der Waals surface area contributed by atoms with Crippen LogP contribution in [0.15, 0.2) is 29.6 Å². The van der Waals surface area contributed by atoms with Crippen LogP contribution in [0.1, 0.15) is 25.0 Å². The summed E-state index contributed by atoms with van der Waals surface area (Å²) in [7, 11) is 0. The highest BCUT2D eigenvalue weighted by molar-refractivity contribution is 7.13. The molecule has 1 atom stereocenters. The van der Waals surface area contributed by atoms with Crippen LogP contribution < -0.4 is 10.2 Å². The third-order valence-electron chi connectivity index (χ3n) is 5.64. The predicted molar refractivity (Wildman–Crippen MR) is 112 cm³/mol.